The predicted octanol–water partition coefficient (Wildman–Crippen LogP) is 10.8. The van der Waals surface area contributed by atoms with Crippen molar-refractivity contribution in [2.45, 2.75) is 141 Å². The zero-order chi connectivity index (χ0) is 80.1. The van der Waals surface area contributed by atoms with Crippen molar-refractivity contribution in [1.29, 1.82) is 0 Å². The maximum Gasteiger partial charge on any atom is 0.534 e. The Morgan fingerprint density at radius 2 is 0.755 bits per heavy atom. The van der Waals surface area contributed by atoms with Crippen LogP contribution in [0.2, 0.25) is 0 Å². The topological polar surface area (TPSA) is 328 Å². The molecule has 8 heterocycles. The number of benzene rings is 4. The summed E-state index contributed by atoms with van der Waals surface area (Å²) in [5, 5.41) is 10.4. The van der Waals surface area contributed by atoms with Crippen LogP contribution in [0.4, 0.5) is 13.2 Å². The van der Waals surface area contributed by atoms with Crippen LogP contribution < -0.4 is 18.9 Å². The number of fused-ring (bicyclic) bond motifs is 4. The van der Waals surface area contributed by atoms with Gasteiger partial charge in [0.25, 0.3) is 0 Å². The summed E-state index contributed by atoms with van der Waals surface area (Å²) in [6.45, 7) is 14.9. The maximum absolute atomic E-state index is 12.7. The van der Waals surface area contributed by atoms with Crippen LogP contribution in [0.25, 0.3) is 0 Å². The first-order chi connectivity index (χ1) is 52.3. The highest BCUT2D eigenvalue weighted by Crippen LogP contribution is 2.48. The molecule has 8 aliphatic rings. The average molecular weight is 1610 g/mol. The second kappa shape index (κ2) is 36.7. The molecule has 8 atom stereocenters. The number of aliphatic hydroxyl groups excluding tert-OH is 1. The highest BCUT2D eigenvalue weighted by Gasteiger charge is 2.58. The van der Waals surface area contributed by atoms with Gasteiger partial charge in [-0.2, -0.15) is 21.6 Å². The van der Waals surface area contributed by atoms with Crippen LogP contribution in [0, 0.1) is 23.7 Å². The lowest BCUT2D eigenvalue weighted by Crippen LogP contribution is -2.63. The Bertz CT molecular complexity index is 4530. The van der Waals surface area contributed by atoms with Gasteiger partial charge in [0.1, 0.15) is 78.1 Å². The average Bonchev–Trinajstić information content (AvgIpc) is 0.751. The number of ketones is 8. The van der Waals surface area contributed by atoms with Crippen LogP contribution in [0.5, 0.6) is 23.0 Å². The SMILES string of the molecule is C=C(CBr)C1=C(C(C)=O)N2C(=O)[C@@H](CC(=O)COc3ccccc3)C2CC1.C=C(OCC)C1=C(C(C)=O)N2C(=O)[C@@H](CC(=O)COc3ccccc3)C2CC1.CC(=O)C1=C(O)CCC2[C@H](CC(=O)COc3ccccc3)C(=O)N12.CC(=O)C1=C(OS(=O)(=O)C(F)(F)F)CCC2[C@H](CC(=O)COc3ccccc3)C(=O)N12. The first kappa shape index (κ1) is 83.4. The number of hydrogen-bond acceptors (Lipinski definition) is 21. The summed E-state index contributed by atoms with van der Waals surface area (Å²) in [5.74, 6) is -3.47. The van der Waals surface area contributed by atoms with Gasteiger partial charge in [0, 0.05) is 101 Å². The molecule has 0 bridgehead atoms. The highest BCUT2D eigenvalue weighted by molar-refractivity contribution is 9.09. The van der Waals surface area contributed by atoms with Crippen molar-refractivity contribution in [3.05, 3.63) is 191 Å². The molecular formula is C80H84BrF3N4O21S. The van der Waals surface area contributed by atoms with Crippen molar-refractivity contribution >= 4 is 95.9 Å². The van der Waals surface area contributed by atoms with Gasteiger partial charge in [0.05, 0.1) is 41.7 Å². The standard InChI is InChI=1S/C22H25NO5.C21H22BrNO4.C19H18F3NO7S.C18H19NO5/c1-4-27-15(3)18-10-11-20-19(22(26)23(20)21(18)14(2)24)12-16(25)13-28-17-8-6-5-7-9-17;1-13(11-22)17-8-9-19-18(21(26)23(19)20(17)14(2)24)10-15(25)12-27-16-6-4-3-5-7-16;1-11(24)17-16(30-31(27,28)19(20,21)22)8-7-15-14(18(26)23(15)17)9-12(25)10-29-13-5-3-2-4-6-13;1-11(20)17-16(22)8-7-15-14(18(23)19(15)17)9-12(21)10-24-13-5-3-2-4-6-13/h5-9,19-20H,3-4,10-13H2,1-2H3;3-7,18-19H,1,8-12H2,2H3;2-6,14-15H,7-10H2,1H3;2-6,14-15,22H,7-10H2,1H3/t19-,20?;18-,19?;2*14-,15?/m0000/s1. The number of Topliss-reactive ketones (excluding diaryl/α,β-unsaturated/α-hetero) is 8. The minimum Gasteiger partial charge on any atom is -0.510 e. The molecule has 12 rings (SSSR count). The van der Waals surface area contributed by atoms with Crippen LogP contribution in [-0.4, -0.2) is 171 Å². The summed E-state index contributed by atoms with van der Waals surface area (Å²) in [6, 6.07) is 34.7. The van der Waals surface area contributed by atoms with Crippen LogP contribution in [0.3, 0.4) is 0 Å². The molecule has 0 spiro atoms. The number of ether oxygens (including phenoxy) is 5. The van der Waals surface area contributed by atoms with Gasteiger partial charge in [-0.3, -0.25) is 57.5 Å². The van der Waals surface area contributed by atoms with E-state index >= 15 is 0 Å². The molecule has 1 N–H and O–H groups in total. The van der Waals surface area contributed by atoms with E-state index in [0.717, 1.165) is 29.4 Å². The smallest absolute Gasteiger partial charge is 0.510 e. The molecule has 25 nitrogen and oxygen atoms in total. The van der Waals surface area contributed by atoms with Crippen molar-refractivity contribution < 1.29 is 112 Å². The van der Waals surface area contributed by atoms with Crippen LogP contribution in [0.1, 0.15) is 112 Å². The maximum atomic E-state index is 12.7. The van der Waals surface area contributed by atoms with E-state index in [2.05, 4.69) is 33.3 Å². The zero-order valence-corrected chi connectivity index (χ0v) is 63.5. The fourth-order valence-electron chi connectivity index (χ4n) is 14.6. The third kappa shape index (κ3) is 19.3. The van der Waals surface area contributed by atoms with Gasteiger partial charge >= 0.3 is 15.6 Å². The van der Waals surface area contributed by atoms with Gasteiger partial charge in [-0.25, -0.2) is 0 Å². The minimum absolute atomic E-state index is 0.0377. The lowest BCUT2D eigenvalue weighted by Gasteiger charge is -2.51. The Balaban J connectivity index is 0.000000169. The molecule has 0 aliphatic carbocycles. The molecule has 110 heavy (non-hydrogen) atoms. The summed E-state index contributed by atoms with van der Waals surface area (Å²) in [6.07, 6.45) is 3.57. The quantitative estimate of drug-likeness (QED) is 0.0161. The number of halogens is 4. The lowest BCUT2D eigenvalue weighted by atomic mass is 9.75. The number of rotatable bonds is 31. The summed E-state index contributed by atoms with van der Waals surface area (Å²) in [4.78, 5) is 152. The Hall–Kier alpha value is -10.6. The Morgan fingerprint density at radius 1 is 0.464 bits per heavy atom. The Kier molecular flexibility index (Phi) is 27.9. The normalized spacial score (nSPS) is 21.5. The molecule has 584 valence electrons. The van der Waals surface area contributed by atoms with Crippen molar-refractivity contribution in [1.82, 2.24) is 19.6 Å². The number of β-lactam (4-membered cyclic amide) rings is 4. The Morgan fingerprint density at radius 3 is 1.06 bits per heavy atom. The number of para-hydroxylation sites is 4. The van der Waals surface area contributed by atoms with E-state index < -0.39 is 62.6 Å². The molecule has 4 fully saturated rings. The summed E-state index contributed by atoms with van der Waals surface area (Å²) in [5.41, 5.74) is -2.95. The molecule has 0 radical (unpaired) electrons. The van der Waals surface area contributed by atoms with E-state index in [9.17, 15) is 84.2 Å². The number of hydrogen-bond donors (Lipinski definition) is 1. The first-order valence-corrected chi connectivity index (χ1v) is 38.1. The Labute approximate surface area is 642 Å². The molecule has 0 aromatic heterocycles. The summed E-state index contributed by atoms with van der Waals surface area (Å²) >= 11 is 3.37. The predicted molar refractivity (Wildman–Crippen MR) is 393 cm³/mol. The van der Waals surface area contributed by atoms with Crippen LogP contribution in [-0.2, 0) is 76.6 Å². The van der Waals surface area contributed by atoms with E-state index in [-0.39, 0.29) is 159 Å². The van der Waals surface area contributed by atoms with Crippen molar-refractivity contribution in [3.8, 4) is 23.0 Å². The molecule has 4 saturated heterocycles. The van der Waals surface area contributed by atoms with Crippen molar-refractivity contribution in [2.24, 2.45) is 23.7 Å². The molecule has 30 heteroatoms. The van der Waals surface area contributed by atoms with E-state index in [1.807, 2.05) is 61.5 Å². The lowest BCUT2D eigenvalue weighted by molar-refractivity contribution is -0.158. The van der Waals surface area contributed by atoms with Crippen molar-refractivity contribution in [3.63, 3.8) is 0 Å². The second-order valence-electron chi connectivity index (χ2n) is 27.1. The number of carbonyl (C=O) groups excluding carboxylic acids is 12. The van der Waals surface area contributed by atoms with Gasteiger partial charge in [0.15, 0.2) is 46.3 Å². The van der Waals surface area contributed by atoms with Gasteiger partial charge in [-0.05, 0) is 105 Å². The van der Waals surface area contributed by atoms with E-state index in [1.165, 1.54) is 30.6 Å². The van der Waals surface area contributed by atoms with Crippen molar-refractivity contribution in [2.75, 3.05) is 38.4 Å². The minimum atomic E-state index is -5.98. The number of amides is 4. The van der Waals surface area contributed by atoms with Crippen LogP contribution >= 0.6 is 15.9 Å². The number of alkyl halides is 4. The molecular weight excluding hydrogens is 1520 g/mol. The number of aliphatic hydroxyl groups is 1. The molecule has 4 unspecified atom stereocenters. The molecule has 4 amide bonds. The number of carbonyl (C=O) groups is 12. The molecule has 4 aromatic carbocycles. The van der Waals surface area contributed by atoms with Gasteiger partial charge in [-0.1, -0.05) is 102 Å². The number of allylic oxidation sites excluding steroid dienone is 9. The fourth-order valence-corrected chi connectivity index (χ4v) is 15.4. The van der Waals surface area contributed by atoms with E-state index in [0.29, 0.717) is 89.8 Å². The molecule has 4 aromatic rings. The van der Waals surface area contributed by atoms with Gasteiger partial charge < -0.3 is 52.6 Å². The van der Waals surface area contributed by atoms with Gasteiger partial charge in [-0.15, -0.1) is 0 Å². The second-order valence-corrected chi connectivity index (χ2v) is 29.2. The first-order valence-electron chi connectivity index (χ1n) is 35.6. The highest BCUT2D eigenvalue weighted by atomic mass is 79.9. The van der Waals surface area contributed by atoms with Gasteiger partial charge in [0.2, 0.25) is 23.6 Å². The third-order valence-corrected chi connectivity index (χ3v) is 21.3. The van der Waals surface area contributed by atoms with Crippen LogP contribution in [0.15, 0.2) is 191 Å². The third-order valence-electron chi connectivity index (χ3n) is 19.6. The largest absolute Gasteiger partial charge is 0.534 e. The fraction of sp³-hybridized carbons (Fsp3) is 0.400. The summed E-state index contributed by atoms with van der Waals surface area (Å²) in [7, 11) is -5.98. The zero-order valence-electron chi connectivity index (χ0n) is 61.1. The van der Waals surface area contributed by atoms with E-state index in [1.54, 1.807) is 71.6 Å². The monoisotopic (exact) mass is 1600 g/mol. The summed E-state index contributed by atoms with van der Waals surface area (Å²) < 4.78 is 91.8. The molecule has 0 saturated carbocycles. The number of nitrogens with zero attached hydrogens (tertiary/aromatic N) is 4. The molecule has 8 aliphatic heterocycles. The van der Waals surface area contributed by atoms with E-state index in [4.69, 9.17) is 23.7 Å².